The summed E-state index contributed by atoms with van der Waals surface area (Å²) < 4.78 is 0. The fraction of sp³-hybridized carbons (Fsp3) is 0.0526. The molecule has 16 rings (SSSR count). The molecule has 418 valence electrons. The summed E-state index contributed by atoms with van der Waals surface area (Å²) in [4.78, 5) is 48.6. The molecule has 4 aromatic heterocycles. The Balaban J connectivity index is 1.11. The number of rotatable bonds is 12. The van der Waals surface area contributed by atoms with Gasteiger partial charge >= 0.3 is 0 Å². The molecule has 0 bridgehead atoms. The number of para-hydroxylation sites is 4. The first-order valence-corrected chi connectivity index (χ1v) is 29.4. The maximum atomic E-state index is 4.97. The lowest BCUT2D eigenvalue weighted by Gasteiger charge is -2.35. The first-order valence-electron chi connectivity index (χ1n) is 29.4. The van der Waals surface area contributed by atoms with Crippen molar-refractivity contribution >= 4 is 145 Å². The number of nitrogens with zero attached hydrogens (tertiary/aromatic N) is 12. The number of aryl methyl sites for hydroxylation is 4. The number of benzene rings is 12. The van der Waals surface area contributed by atoms with Crippen molar-refractivity contribution < 1.29 is 0 Å². The van der Waals surface area contributed by atoms with Gasteiger partial charge in [0.05, 0.1) is 89.6 Å². The fourth-order valence-corrected chi connectivity index (χ4v) is 13.2. The van der Waals surface area contributed by atoms with Crippen molar-refractivity contribution in [2.24, 2.45) is 0 Å². The van der Waals surface area contributed by atoms with Crippen molar-refractivity contribution in [3.05, 3.63) is 278 Å². The van der Waals surface area contributed by atoms with E-state index in [9.17, 15) is 0 Å². The molecule has 0 spiro atoms. The number of hydrogen-bond donors (Lipinski definition) is 0. The SMILES string of the molecule is Cc1c(N(c2ccccc2)c2cc(N(c3ccccc3)c3ccc4nccnc4c3C)c3ccc4c(N(c5ccccc5)c5ccc6nccnc6c5C)cc(N(c5ccccc5)c5ccc6nccnc6c5C)c5ccc2c3c54)ccc2nccnc12. The molecule has 88 heavy (non-hydrogen) atoms. The van der Waals surface area contributed by atoms with Gasteiger partial charge in [0.15, 0.2) is 0 Å². The molecule has 0 unspecified atom stereocenters. The van der Waals surface area contributed by atoms with Gasteiger partial charge in [-0.05, 0) is 137 Å². The Morgan fingerprint density at radius 1 is 0.216 bits per heavy atom. The van der Waals surface area contributed by atoms with Crippen LogP contribution in [0.3, 0.4) is 0 Å². The lowest BCUT2D eigenvalue weighted by Crippen LogP contribution is -2.17. The molecule has 0 saturated heterocycles. The van der Waals surface area contributed by atoms with E-state index in [1.165, 1.54) is 0 Å². The van der Waals surface area contributed by atoms with E-state index in [1.807, 2.05) is 0 Å². The predicted molar refractivity (Wildman–Crippen MR) is 360 cm³/mol. The van der Waals surface area contributed by atoms with Crippen LogP contribution in [0.2, 0.25) is 0 Å². The monoisotopic (exact) mass is 1130 g/mol. The summed E-state index contributed by atoms with van der Waals surface area (Å²) in [6, 6.07) is 74.0. The van der Waals surface area contributed by atoms with Crippen LogP contribution in [0.5, 0.6) is 0 Å². The molecule has 0 saturated carbocycles. The van der Waals surface area contributed by atoms with Crippen LogP contribution < -0.4 is 19.6 Å². The Bertz CT molecular complexity index is 4700. The van der Waals surface area contributed by atoms with Crippen LogP contribution in [0.25, 0.3) is 76.5 Å². The number of aromatic nitrogens is 8. The van der Waals surface area contributed by atoms with Gasteiger partial charge in [-0.2, -0.15) is 0 Å². The van der Waals surface area contributed by atoms with Crippen LogP contribution in [0.15, 0.2) is 256 Å². The van der Waals surface area contributed by atoms with Crippen LogP contribution in [-0.2, 0) is 0 Å². The molecule has 0 aliphatic heterocycles. The van der Waals surface area contributed by atoms with Crippen molar-refractivity contribution in [1.82, 2.24) is 39.9 Å². The van der Waals surface area contributed by atoms with E-state index >= 15 is 0 Å². The van der Waals surface area contributed by atoms with E-state index in [0.717, 1.165) is 167 Å². The zero-order valence-corrected chi connectivity index (χ0v) is 48.6. The van der Waals surface area contributed by atoms with E-state index in [1.54, 1.807) is 49.6 Å². The molecular formula is C76H54N12. The largest absolute Gasteiger partial charge is 0.309 e. The topological polar surface area (TPSA) is 116 Å². The zero-order chi connectivity index (χ0) is 59.0. The van der Waals surface area contributed by atoms with Gasteiger partial charge in [0.25, 0.3) is 0 Å². The molecule has 0 aliphatic carbocycles. The third-order valence-electron chi connectivity index (χ3n) is 17.3. The minimum atomic E-state index is 0.825. The Kier molecular flexibility index (Phi) is 12.4. The summed E-state index contributed by atoms with van der Waals surface area (Å²) in [7, 11) is 0. The molecular weight excluding hydrogens is 1080 g/mol. The third-order valence-corrected chi connectivity index (χ3v) is 17.3. The number of anilines is 12. The van der Waals surface area contributed by atoms with Crippen LogP contribution >= 0.6 is 0 Å². The maximum absolute atomic E-state index is 4.97. The maximum Gasteiger partial charge on any atom is 0.0936 e. The Hall–Kier alpha value is -11.8. The van der Waals surface area contributed by atoms with Crippen LogP contribution in [0.4, 0.5) is 68.2 Å². The van der Waals surface area contributed by atoms with Crippen molar-refractivity contribution in [2.45, 2.75) is 27.7 Å². The van der Waals surface area contributed by atoms with E-state index in [-0.39, 0.29) is 0 Å². The first-order chi connectivity index (χ1) is 43.4. The minimum Gasteiger partial charge on any atom is -0.309 e. The Labute approximate surface area is 507 Å². The smallest absolute Gasteiger partial charge is 0.0936 e. The van der Waals surface area contributed by atoms with Gasteiger partial charge in [-0.1, -0.05) is 97.1 Å². The second-order valence-electron chi connectivity index (χ2n) is 22.1. The van der Waals surface area contributed by atoms with Gasteiger partial charge < -0.3 is 19.6 Å². The van der Waals surface area contributed by atoms with E-state index in [2.05, 4.69) is 254 Å². The summed E-state index contributed by atoms with van der Waals surface area (Å²) in [5.41, 5.74) is 22.3. The highest BCUT2D eigenvalue weighted by molar-refractivity contribution is 6.33. The number of fused-ring (bicyclic) bond motifs is 4. The molecule has 0 amide bonds. The van der Waals surface area contributed by atoms with E-state index in [0.29, 0.717) is 0 Å². The lowest BCUT2D eigenvalue weighted by molar-refractivity contribution is 1.22. The highest BCUT2D eigenvalue weighted by Gasteiger charge is 2.31. The van der Waals surface area contributed by atoms with Crippen molar-refractivity contribution in [3.8, 4) is 0 Å². The van der Waals surface area contributed by atoms with Crippen molar-refractivity contribution in [1.29, 1.82) is 0 Å². The van der Waals surface area contributed by atoms with E-state index in [4.69, 9.17) is 39.9 Å². The summed E-state index contributed by atoms with van der Waals surface area (Å²) in [6.07, 6.45) is 14.1. The summed E-state index contributed by atoms with van der Waals surface area (Å²) in [5.74, 6) is 0. The van der Waals surface area contributed by atoms with Crippen molar-refractivity contribution in [3.63, 3.8) is 0 Å². The Morgan fingerprint density at radius 2 is 0.432 bits per heavy atom. The van der Waals surface area contributed by atoms with Gasteiger partial charge in [-0.25, -0.2) is 0 Å². The van der Waals surface area contributed by atoms with E-state index < -0.39 is 0 Å². The predicted octanol–water partition coefficient (Wildman–Crippen LogP) is 19.5. The van der Waals surface area contributed by atoms with Gasteiger partial charge in [0.1, 0.15) is 0 Å². The Morgan fingerprint density at radius 3 is 0.659 bits per heavy atom. The van der Waals surface area contributed by atoms with Crippen LogP contribution in [0.1, 0.15) is 22.3 Å². The lowest BCUT2D eigenvalue weighted by atomic mass is 9.88. The first kappa shape index (κ1) is 51.8. The molecule has 16 aromatic rings. The second-order valence-corrected chi connectivity index (χ2v) is 22.1. The minimum absolute atomic E-state index is 0.825. The van der Waals surface area contributed by atoms with Gasteiger partial charge in [-0.3, -0.25) is 39.9 Å². The molecule has 0 atom stereocenters. The van der Waals surface area contributed by atoms with Gasteiger partial charge in [0.2, 0.25) is 0 Å². The van der Waals surface area contributed by atoms with Gasteiger partial charge in [-0.15, -0.1) is 0 Å². The normalized spacial score (nSPS) is 11.6. The molecule has 0 radical (unpaired) electrons. The highest BCUT2D eigenvalue weighted by atomic mass is 15.2. The molecule has 12 heteroatoms. The van der Waals surface area contributed by atoms with Crippen LogP contribution in [0, 0.1) is 27.7 Å². The summed E-state index contributed by atoms with van der Waals surface area (Å²) in [5, 5.41) is 6.33. The average molecular weight is 1140 g/mol. The average Bonchev–Trinajstić information content (AvgIpc) is 0.745. The standard InChI is InChI=1S/C76H54N12/c1-47-63(33-29-59-73(47)81-41-37-77-59)85(51-17-9-5-10-18-51)67-45-68(86(52-19-11-6-12-20-52)64-34-30-60-74(48(64)2)82-42-38-78-60)56-27-28-58-70(88(54-23-15-8-16-24-54)66-36-32-62-76(50(66)4)84-44-40-80-62)46-69(57-26-25-55(67)71(56)72(57)58)87(53-21-13-7-14-22-53)65-35-31-61-75(49(65)3)83-43-39-79-61/h5-46H,1-4H3. The fourth-order valence-electron chi connectivity index (χ4n) is 13.2. The van der Waals surface area contributed by atoms with Crippen molar-refractivity contribution in [2.75, 3.05) is 19.6 Å². The molecule has 0 fully saturated rings. The molecule has 12 nitrogen and oxygen atoms in total. The molecule has 12 aromatic carbocycles. The summed E-state index contributed by atoms with van der Waals surface area (Å²) >= 11 is 0. The quantitative estimate of drug-likeness (QED) is 0.108. The van der Waals surface area contributed by atoms with Gasteiger partial charge in [0, 0.05) is 127 Å². The zero-order valence-electron chi connectivity index (χ0n) is 48.6. The molecule has 4 heterocycles. The number of hydrogen-bond acceptors (Lipinski definition) is 12. The summed E-state index contributed by atoms with van der Waals surface area (Å²) in [6.45, 7) is 8.63. The third kappa shape index (κ3) is 8.36. The molecule has 0 aliphatic rings. The highest BCUT2D eigenvalue weighted by Crippen LogP contribution is 2.56. The second kappa shape index (κ2) is 21.1. The molecule has 0 N–H and O–H groups in total. The van der Waals surface area contributed by atoms with Crippen LogP contribution in [-0.4, -0.2) is 39.9 Å².